The van der Waals surface area contributed by atoms with Gasteiger partial charge in [-0.15, -0.1) is 0 Å². The molecule has 2 heterocycles. The van der Waals surface area contributed by atoms with Crippen LogP contribution in [-0.4, -0.2) is 44.7 Å². The average molecular weight is 392 g/mol. The molecule has 1 aliphatic rings. The summed E-state index contributed by atoms with van der Waals surface area (Å²) in [6, 6.07) is 15.8. The Morgan fingerprint density at radius 1 is 1.00 bits per heavy atom. The van der Waals surface area contributed by atoms with E-state index in [0.717, 1.165) is 16.8 Å². The van der Waals surface area contributed by atoms with E-state index < -0.39 is 0 Å². The number of hydrogen-bond donors (Lipinski definition) is 0. The molecule has 1 fully saturated rings. The molecule has 1 saturated heterocycles. The number of likely N-dealkylation sites (N-methyl/N-ethyl adjacent to an activating group) is 2. The SMILES string of the molecule is CN1C(=O)C(=Cc2cn(-c3ccccc3)nc2-c2ccc(F)cc2)N(C)C1=S. The first-order valence-corrected chi connectivity index (χ1v) is 9.05. The Labute approximate surface area is 167 Å². The van der Waals surface area contributed by atoms with Crippen LogP contribution in [0.3, 0.4) is 0 Å². The van der Waals surface area contributed by atoms with Gasteiger partial charge in [-0.25, -0.2) is 9.07 Å². The Bertz CT molecular complexity index is 1090. The monoisotopic (exact) mass is 392 g/mol. The van der Waals surface area contributed by atoms with Crippen molar-refractivity contribution < 1.29 is 9.18 Å². The Morgan fingerprint density at radius 3 is 2.29 bits per heavy atom. The lowest BCUT2D eigenvalue weighted by molar-refractivity contribution is -0.121. The van der Waals surface area contributed by atoms with E-state index in [0.29, 0.717) is 16.5 Å². The Kier molecular flexibility index (Phi) is 4.52. The third kappa shape index (κ3) is 3.10. The number of aromatic nitrogens is 2. The van der Waals surface area contributed by atoms with Gasteiger partial charge in [0, 0.05) is 31.4 Å². The van der Waals surface area contributed by atoms with Gasteiger partial charge in [-0.2, -0.15) is 5.10 Å². The van der Waals surface area contributed by atoms with Crippen LogP contribution in [0.15, 0.2) is 66.5 Å². The Morgan fingerprint density at radius 2 is 1.68 bits per heavy atom. The van der Waals surface area contributed by atoms with E-state index >= 15 is 0 Å². The van der Waals surface area contributed by atoms with E-state index in [4.69, 9.17) is 12.2 Å². The number of benzene rings is 2. The highest BCUT2D eigenvalue weighted by atomic mass is 32.1. The van der Waals surface area contributed by atoms with E-state index in [-0.39, 0.29) is 11.7 Å². The van der Waals surface area contributed by atoms with Gasteiger partial charge >= 0.3 is 0 Å². The van der Waals surface area contributed by atoms with E-state index in [2.05, 4.69) is 5.10 Å². The summed E-state index contributed by atoms with van der Waals surface area (Å²) in [5.41, 5.74) is 3.49. The Hall–Kier alpha value is -3.32. The second-order valence-corrected chi connectivity index (χ2v) is 6.82. The highest BCUT2D eigenvalue weighted by molar-refractivity contribution is 7.80. The van der Waals surface area contributed by atoms with Crippen molar-refractivity contribution in [2.75, 3.05) is 14.1 Å². The molecule has 0 bridgehead atoms. The summed E-state index contributed by atoms with van der Waals surface area (Å²) in [6.07, 6.45) is 3.62. The van der Waals surface area contributed by atoms with Crippen molar-refractivity contribution in [3.8, 4) is 16.9 Å². The van der Waals surface area contributed by atoms with Gasteiger partial charge in [-0.1, -0.05) is 18.2 Å². The van der Waals surface area contributed by atoms with Gasteiger partial charge in [0.15, 0.2) is 5.11 Å². The molecule has 1 aromatic heterocycles. The summed E-state index contributed by atoms with van der Waals surface area (Å²) in [6.45, 7) is 0. The number of carbonyl (C=O) groups is 1. The van der Waals surface area contributed by atoms with Crippen LogP contribution in [-0.2, 0) is 4.79 Å². The molecule has 0 N–H and O–H groups in total. The fraction of sp³-hybridized carbons (Fsp3) is 0.0952. The van der Waals surface area contributed by atoms with Crippen molar-refractivity contribution in [2.24, 2.45) is 0 Å². The molecule has 7 heteroatoms. The summed E-state index contributed by atoms with van der Waals surface area (Å²) < 4.78 is 15.1. The zero-order valence-corrected chi connectivity index (χ0v) is 16.2. The van der Waals surface area contributed by atoms with Crippen molar-refractivity contribution in [2.45, 2.75) is 0 Å². The molecule has 2 aromatic carbocycles. The molecule has 28 heavy (non-hydrogen) atoms. The summed E-state index contributed by atoms with van der Waals surface area (Å²) >= 11 is 5.28. The maximum Gasteiger partial charge on any atom is 0.276 e. The fourth-order valence-corrected chi connectivity index (χ4v) is 3.26. The number of thiocarbonyl (C=S) groups is 1. The lowest BCUT2D eigenvalue weighted by Gasteiger charge is -2.11. The summed E-state index contributed by atoms with van der Waals surface area (Å²) in [5.74, 6) is -0.492. The van der Waals surface area contributed by atoms with Crippen molar-refractivity contribution >= 4 is 29.3 Å². The summed E-state index contributed by atoms with van der Waals surface area (Å²) in [7, 11) is 3.41. The molecule has 0 atom stereocenters. The van der Waals surface area contributed by atoms with Crippen LogP contribution in [0.1, 0.15) is 5.56 Å². The maximum absolute atomic E-state index is 13.4. The second-order valence-electron chi connectivity index (χ2n) is 6.46. The molecule has 4 rings (SSSR count). The van der Waals surface area contributed by atoms with Crippen LogP contribution in [0.4, 0.5) is 4.39 Å². The van der Waals surface area contributed by atoms with Gasteiger partial charge in [0.05, 0.1) is 5.69 Å². The predicted octanol–water partition coefficient (Wildman–Crippen LogP) is 3.71. The lowest BCUT2D eigenvalue weighted by Crippen LogP contribution is -2.26. The minimum atomic E-state index is -0.316. The van der Waals surface area contributed by atoms with Gasteiger partial charge in [0.2, 0.25) is 0 Å². The van der Waals surface area contributed by atoms with Crippen LogP contribution in [0.25, 0.3) is 23.0 Å². The molecule has 0 unspecified atom stereocenters. The smallest absolute Gasteiger partial charge is 0.276 e. The first-order chi connectivity index (χ1) is 13.5. The number of halogens is 1. The number of para-hydroxylation sites is 1. The topological polar surface area (TPSA) is 41.4 Å². The van der Waals surface area contributed by atoms with Crippen molar-refractivity contribution in [1.29, 1.82) is 0 Å². The molecular weight excluding hydrogens is 375 g/mol. The van der Waals surface area contributed by atoms with Gasteiger partial charge in [-0.05, 0) is 54.7 Å². The highest BCUT2D eigenvalue weighted by Gasteiger charge is 2.33. The first-order valence-electron chi connectivity index (χ1n) is 8.64. The zero-order chi connectivity index (χ0) is 19.8. The molecule has 0 saturated carbocycles. The molecule has 0 radical (unpaired) electrons. The van der Waals surface area contributed by atoms with E-state index in [9.17, 15) is 9.18 Å². The number of nitrogens with zero attached hydrogens (tertiary/aromatic N) is 4. The van der Waals surface area contributed by atoms with Gasteiger partial charge in [0.25, 0.3) is 5.91 Å². The van der Waals surface area contributed by atoms with Gasteiger partial charge in [0.1, 0.15) is 17.2 Å². The minimum absolute atomic E-state index is 0.176. The molecule has 1 aliphatic heterocycles. The van der Waals surface area contributed by atoms with Crippen LogP contribution in [0.2, 0.25) is 0 Å². The van der Waals surface area contributed by atoms with Crippen LogP contribution < -0.4 is 0 Å². The molecule has 140 valence electrons. The number of rotatable bonds is 3. The average Bonchev–Trinajstić information content (AvgIpc) is 3.21. The van der Waals surface area contributed by atoms with Crippen molar-refractivity contribution in [3.05, 3.63) is 77.9 Å². The maximum atomic E-state index is 13.4. The third-order valence-electron chi connectivity index (χ3n) is 4.63. The van der Waals surface area contributed by atoms with Crippen molar-refractivity contribution in [1.82, 2.24) is 19.6 Å². The first kappa shape index (κ1) is 18.1. The van der Waals surface area contributed by atoms with E-state index in [1.165, 1.54) is 17.0 Å². The molecule has 0 spiro atoms. The number of hydrogen-bond acceptors (Lipinski definition) is 3. The van der Waals surface area contributed by atoms with Gasteiger partial charge < -0.3 is 4.90 Å². The summed E-state index contributed by atoms with van der Waals surface area (Å²) in [4.78, 5) is 15.7. The quantitative estimate of drug-likeness (QED) is 0.503. The van der Waals surface area contributed by atoms with E-state index in [1.54, 1.807) is 41.9 Å². The molecule has 3 aromatic rings. The molecule has 5 nitrogen and oxygen atoms in total. The molecule has 0 aliphatic carbocycles. The second kappa shape index (κ2) is 7.01. The van der Waals surface area contributed by atoms with Crippen LogP contribution >= 0.6 is 12.2 Å². The number of carbonyl (C=O) groups excluding carboxylic acids is 1. The lowest BCUT2D eigenvalue weighted by atomic mass is 10.1. The van der Waals surface area contributed by atoms with Gasteiger partial charge in [-0.3, -0.25) is 9.69 Å². The third-order valence-corrected chi connectivity index (χ3v) is 5.18. The van der Waals surface area contributed by atoms with E-state index in [1.807, 2.05) is 36.5 Å². The molecule has 1 amide bonds. The Balaban J connectivity index is 1.87. The minimum Gasteiger partial charge on any atom is -0.317 e. The fourth-order valence-electron chi connectivity index (χ4n) is 3.07. The predicted molar refractivity (Wildman–Crippen MR) is 110 cm³/mol. The van der Waals surface area contributed by atoms with Crippen molar-refractivity contribution in [3.63, 3.8) is 0 Å². The molecular formula is C21H17FN4OS. The largest absolute Gasteiger partial charge is 0.317 e. The zero-order valence-electron chi connectivity index (χ0n) is 15.3. The number of amides is 1. The standard InChI is InChI=1S/C21H17FN4OS/c1-24-18(20(27)25(2)21(24)28)12-15-13-26(17-6-4-3-5-7-17)23-19(15)14-8-10-16(22)11-9-14/h3-13H,1-2H3. The van der Waals surface area contributed by atoms with Crippen LogP contribution in [0.5, 0.6) is 0 Å². The highest BCUT2D eigenvalue weighted by Crippen LogP contribution is 2.28. The van der Waals surface area contributed by atoms with Crippen LogP contribution in [0, 0.1) is 5.82 Å². The normalized spacial score (nSPS) is 15.8. The summed E-state index contributed by atoms with van der Waals surface area (Å²) in [5, 5.41) is 5.12.